The van der Waals surface area contributed by atoms with Gasteiger partial charge in [-0.1, -0.05) is 12.1 Å². The number of phenolic OH excluding ortho intramolecular Hbond substituents is 1. The number of phenols is 1. The summed E-state index contributed by atoms with van der Waals surface area (Å²) in [7, 11) is 0. The van der Waals surface area contributed by atoms with E-state index in [-0.39, 0.29) is 11.7 Å². The van der Waals surface area contributed by atoms with Crippen molar-refractivity contribution >= 4 is 17.3 Å². The molecule has 1 heterocycles. The van der Waals surface area contributed by atoms with Gasteiger partial charge in [-0.2, -0.15) is 0 Å². The summed E-state index contributed by atoms with van der Waals surface area (Å²) in [5.41, 5.74) is 4.33. The molecule has 0 saturated carbocycles. The van der Waals surface area contributed by atoms with Crippen molar-refractivity contribution in [1.29, 1.82) is 0 Å². The lowest BCUT2D eigenvalue weighted by Gasteiger charge is -2.19. The molecule has 0 fully saturated rings. The fourth-order valence-electron chi connectivity index (χ4n) is 2.49. The lowest BCUT2D eigenvalue weighted by atomic mass is 10.0. The van der Waals surface area contributed by atoms with Gasteiger partial charge in [-0.3, -0.25) is 4.79 Å². The number of amides is 1. The Hall–Kier alpha value is -2.49. The molecule has 4 heteroatoms. The van der Waals surface area contributed by atoms with E-state index < -0.39 is 0 Å². The number of aryl methyl sites for hydroxylation is 2. The molecule has 1 aliphatic rings. The minimum Gasteiger partial charge on any atom is -0.508 e. The Balaban J connectivity index is 1.79. The molecular formula is C17H18N2O2. The lowest BCUT2D eigenvalue weighted by molar-refractivity contribution is 0.102. The maximum atomic E-state index is 12.2. The molecule has 0 unspecified atom stereocenters. The Morgan fingerprint density at radius 3 is 2.90 bits per heavy atom. The van der Waals surface area contributed by atoms with E-state index in [4.69, 9.17) is 0 Å². The van der Waals surface area contributed by atoms with E-state index in [0.717, 1.165) is 36.3 Å². The predicted octanol–water partition coefficient (Wildman–Crippen LogP) is 3.31. The van der Waals surface area contributed by atoms with Crippen LogP contribution in [-0.4, -0.2) is 17.6 Å². The van der Waals surface area contributed by atoms with Gasteiger partial charge in [0, 0.05) is 23.5 Å². The smallest absolute Gasteiger partial charge is 0.255 e. The predicted molar refractivity (Wildman–Crippen MR) is 84.0 cm³/mol. The maximum Gasteiger partial charge on any atom is 0.255 e. The van der Waals surface area contributed by atoms with Crippen molar-refractivity contribution in [3.8, 4) is 5.75 Å². The van der Waals surface area contributed by atoms with Crippen LogP contribution in [0.15, 0.2) is 36.4 Å². The Morgan fingerprint density at radius 2 is 2.10 bits per heavy atom. The fraction of sp³-hybridized carbons (Fsp3) is 0.235. The molecule has 3 rings (SSSR count). The van der Waals surface area contributed by atoms with E-state index >= 15 is 0 Å². The average Bonchev–Trinajstić information content (AvgIpc) is 2.50. The van der Waals surface area contributed by atoms with Crippen LogP contribution in [0.2, 0.25) is 0 Å². The summed E-state index contributed by atoms with van der Waals surface area (Å²) < 4.78 is 0. The first-order valence-corrected chi connectivity index (χ1v) is 7.11. The fourth-order valence-corrected chi connectivity index (χ4v) is 2.49. The molecule has 21 heavy (non-hydrogen) atoms. The summed E-state index contributed by atoms with van der Waals surface area (Å²) in [6.45, 7) is 2.77. The van der Waals surface area contributed by atoms with Gasteiger partial charge in [-0.25, -0.2) is 0 Å². The minimum absolute atomic E-state index is 0.134. The number of aromatic hydroxyl groups is 1. The van der Waals surface area contributed by atoms with Gasteiger partial charge >= 0.3 is 0 Å². The van der Waals surface area contributed by atoms with Crippen molar-refractivity contribution in [1.82, 2.24) is 0 Å². The molecule has 4 nitrogen and oxygen atoms in total. The van der Waals surface area contributed by atoms with Crippen LogP contribution in [-0.2, 0) is 6.42 Å². The summed E-state index contributed by atoms with van der Waals surface area (Å²) in [5.74, 6) is -0.0872. The van der Waals surface area contributed by atoms with Gasteiger partial charge in [0.1, 0.15) is 5.75 Å². The van der Waals surface area contributed by atoms with E-state index in [1.807, 2.05) is 18.2 Å². The maximum absolute atomic E-state index is 12.2. The van der Waals surface area contributed by atoms with E-state index in [2.05, 4.69) is 10.6 Å². The molecule has 3 N–H and O–H groups in total. The quantitative estimate of drug-likeness (QED) is 0.792. The molecule has 0 bridgehead atoms. The first-order chi connectivity index (χ1) is 10.1. The molecule has 2 aromatic rings. The van der Waals surface area contributed by atoms with Gasteiger partial charge in [0.05, 0.1) is 0 Å². The first kappa shape index (κ1) is 13.5. The molecule has 0 saturated heterocycles. The molecule has 1 aliphatic heterocycles. The number of fused-ring (bicyclic) bond motifs is 1. The zero-order valence-electron chi connectivity index (χ0n) is 11.9. The number of anilines is 2. The van der Waals surface area contributed by atoms with Crippen molar-refractivity contribution in [3.63, 3.8) is 0 Å². The molecule has 1 amide bonds. The van der Waals surface area contributed by atoms with Crippen LogP contribution in [0, 0.1) is 6.92 Å². The summed E-state index contributed by atoms with van der Waals surface area (Å²) in [5, 5.41) is 15.9. The number of carbonyl (C=O) groups is 1. The summed E-state index contributed by atoms with van der Waals surface area (Å²) >= 11 is 0. The number of hydrogen-bond acceptors (Lipinski definition) is 3. The Kier molecular flexibility index (Phi) is 3.52. The molecule has 0 spiro atoms. The monoisotopic (exact) mass is 282 g/mol. The molecule has 0 atom stereocenters. The third-order valence-corrected chi connectivity index (χ3v) is 3.78. The highest BCUT2D eigenvalue weighted by Gasteiger charge is 2.11. The third kappa shape index (κ3) is 2.84. The van der Waals surface area contributed by atoms with Gasteiger partial charge < -0.3 is 15.7 Å². The van der Waals surface area contributed by atoms with Crippen LogP contribution in [0.1, 0.15) is 27.9 Å². The first-order valence-electron chi connectivity index (χ1n) is 7.11. The van der Waals surface area contributed by atoms with Crippen LogP contribution in [0.4, 0.5) is 11.4 Å². The van der Waals surface area contributed by atoms with Crippen LogP contribution >= 0.6 is 0 Å². The van der Waals surface area contributed by atoms with E-state index in [0.29, 0.717) is 5.56 Å². The van der Waals surface area contributed by atoms with Gasteiger partial charge in [-0.05, 0) is 55.2 Å². The summed E-state index contributed by atoms with van der Waals surface area (Å²) in [6.07, 6.45) is 2.21. The zero-order valence-corrected chi connectivity index (χ0v) is 11.9. The van der Waals surface area contributed by atoms with Crippen molar-refractivity contribution in [3.05, 3.63) is 53.1 Å². The third-order valence-electron chi connectivity index (χ3n) is 3.78. The van der Waals surface area contributed by atoms with Gasteiger partial charge in [-0.15, -0.1) is 0 Å². The number of carbonyl (C=O) groups excluding carboxylic acids is 1. The van der Waals surface area contributed by atoms with Crippen molar-refractivity contribution in [2.24, 2.45) is 0 Å². The normalized spacial score (nSPS) is 13.2. The molecular weight excluding hydrogens is 264 g/mol. The molecule has 2 aromatic carbocycles. The summed E-state index contributed by atoms with van der Waals surface area (Å²) in [4.78, 5) is 12.2. The molecule has 108 valence electrons. The number of rotatable bonds is 2. The Bertz CT molecular complexity index is 695. The number of nitrogens with one attached hydrogen (secondary N) is 2. The van der Waals surface area contributed by atoms with E-state index in [1.54, 1.807) is 19.1 Å². The van der Waals surface area contributed by atoms with Gasteiger partial charge in [0.25, 0.3) is 5.91 Å². The van der Waals surface area contributed by atoms with Crippen LogP contribution in [0.3, 0.4) is 0 Å². The standard InChI is InChI=1S/C17H18N2O2/c1-11-4-5-13(9-16(11)20)17(21)19-14-7-6-12-3-2-8-18-15(12)10-14/h4-7,9-10,18,20H,2-3,8H2,1H3,(H,19,21). The van der Waals surface area contributed by atoms with Crippen LogP contribution in [0.25, 0.3) is 0 Å². The minimum atomic E-state index is -0.221. The SMILES string of the molecule is Cc1ccc(C(=O)Nc2ccc3c(c2)NCCC3)cc1O. The second-order valence-corrected chi connectivity index (χ2v) is 5.36. The van der Waals surface area contributed by atoms with Gasteiger partial charge in [0.2, 0.25) is 0 Å². The Labute approximate surface area is 123 Å². The van der Waals surface area contributed by atoms with E-state index in [9.17, 15) is 9.90 Å². The second kappa shape index (κ2) is 5.48. The highest BCUT2D eigenvalue weighted by molar-refractivity contribution is 6.04. The van der Waals surface area contributed by atoms with Crippen molar-refractivity contribution in [2.75, 3.05) is 17.2 Å². The van der Waals surface area contributed by atoms with E-state index in [1.165, 1.54) is 11.6 Å². The molecule has 0 radical (unpaired) electrons. The Morgan fingerprint density at radius 1 is 1.24 bits per heavy atom. The van der Waals surface area contributed by atoms with Crippen LogP contribution in [0.5, 0.6) is 5.75 Å². The van der Waals surface area contributed by atoms with Gasteiger partial charge in [0.15, 0.2) is 0 Å². The summed E-state index contributed by atoms with van der Waals surface area (Å²) in [6, 6.07) is 10.9. The lowest BCUT2D eigenvalue weighted by Crippen LogP contribution is -2.14. The van der Waals surface area contributed by atoms with Crippen molar-refractivity contribution in [2.45, 2.75) is 19.8 Å². The highest BCUT2D eigenvalue weighted by Crippen LogP contribution is 2.26. The van der Waals surface area contributed by atoms with Crippen LogP contribution < -0.4 is 10.6 Å². The molecule has 0 aromatic heterocycles. The average molecular weight is 282 g/mol. The topological polar surface area (TPSA) is 61.4 Å². The number of hydrogen-bond donors (Lipinski definition) is 3. The number of benzene rings is 2. The second-order valence-electron chi connectivity index (χ2n) is 5.36. The zero-order chi connectivity index (χ0) is 14.8. The van der Waals surface area contributed by atoms with Crippen molar-refractivity contribution < 1.29 is 9.90 Å². The molecule has 0 aliphatic carbocycles. The largest absolute Gasteiger partial charge is 0.508 e. The highest BCUT2D eigenvalue weighted by atomic mass is 16.3.